The molecule has 2 aromatic rings. The molecule has 0 radical (unpaired) electrons. The maximum atomic E-state index is 12.4. The van der Waals surface area contributed by atoms with Crippen LogP contribution in [0.25, 0.3) is 6.08 Å². The van der Waals surface area contributed by atoms with Crippen LogP contribution in [0.2, 0.25) is 0 Å². The number of methoxy groups -OCH3 is 1. The Hall–Kier alpha value is -2.30. The van der Waals surface area contributed by atoms with Gasteiger partial charge in [0.05, 0.1) is 28.3 Å². The molecule has 0 spiro atoms. The first kappa shape index (κ1) is 20.0. The Labute approximate surface area is 168 Å². The number of benzene rings is 2. The number of carbonyl (C=O) groups excluding carboxylic acids is 1. The van der Waals surface area contributed by atoms with Gasteiger partial charge in [0.2, 0.25) is 0 Å². The fourth-order valence-corrected chi connectivity index (χ4v) is 3.65. The number of halogens is 2. The van der Waals surface area contributed by atoms with Crippen LogP contribution < -0.4 is 14.8 Å². The number of rotatable bonds is 6. The van der Waals surface area contributed by atoms with Gasteiger partial charge in [-0.05, 0) is 74.7 Å². The molecule has 0 unspecified atom stereocenters. The summed E-state index contributed by atoms with van der Waals surface area (Å²) in [7, 11) is 1.51. The molecule has 0 bridgehead atoms. The molecule has 0 atom stereocenters. The summed E-state index contributed by atoms with van der Waals surface area (Å²) in [6, 6.07) is 12.5. The molecule has 1 amide bonds. The van der Waals surface area contributed by atoms with Crippen LogP contribution in [0.15, 0.2) is 50.9 Å². The topological polar surface area (TPSA) is 71.3 Å². The van der Waals surface area contributed by atoms with Crippen LogP contribution >= 0.6 is 31.9 Å². The highest BCUT2D eigenvalue weighted by Gasteiger charge is 2.14. The van der Waals surface area contributed by atoms with Crippen LogP contribution in [0.1, 0.15) is 12.5 Å². The van der Waals surface area contributed by atoms with Gasteiger partial charge in [0.1, 0.15) is 23.1 Å². The van der Waals surface area contributed by atoms with E-state index in [-0.39, 0.29) is 5.57 Å². The number of hydrogen-bond acceptors (Lipinski definition) is 4. The van der Waals surface area contributed by atoms with Crippen LogP contribution in [-0.2, 0) is 4.79 Å². The van der Waals surface area contributed by atoms with Crippen molar-refractivity contribution in [3.05, 3.63) is 56.5 Å². The van der Waals surface area contributed by atoms with Gasteiger partial charge in [0.25, 0.3) is 5.91 Å². The summed E-state index contributed by atoms with van der Waals surface area (Å²) in [6.07, 6.45) is 1.51. The van der Waals surface area contributed by atoms with Gasteiger partial charge < -0.3 is 14.8 Å². The van der Waals surface area contributed by atoms with Gasteiger partial charge in [0.15, 0.2) is 0 Å². The smallest absolute Gasteiger partial charge is 0.266 e. The zero-order valence-corrected chi connectivity index (χ0v) is 17.3. The summed E-state index contributed by atoms with van der Waals surface area (Å²) in [6.45, 7) is 2.42. The lowest BCUT2D eigenvalue weighted by molar-refractivity contribution is -0.112. The van der Waals surface area contributed by atoms with E-state index < -0.39 is 5.91 Å². The number of nitrogens with zero attached hydrogens (tertiary/aromatic N) is 1. The molecule has 26 heavy (non-hydrogen) atoms. The van der Waals surface area contributed by atoms with Gasteiger partial charge in [-0.3, -0.25) is 4.79 Å². The van der Waals surface area contributed by atoms with Crippen molar-refractivity contribution >= 4 is 49.5 Å². The lowest BCUT2D eigenvalue weighted by Gasteiger charge is -2.10. The quantitative estimate of drug-likeness (QED) is 0.458. The van der Waals surface area contributed by atoms with Crippen molar-refractivity contribution in [2.75, 3.05) is 19.0 Å². The number of nitrogens with one attached hydrogen (secondary N) is 1. The predicted octanol–water partition coefficient (Wildman–Crippen LogP) is 5.16. The molecule has 0 aromatic heterocycles. The van der Waals surface area contributed by atoms with Crippen molar-refractivity contribution in [3.63, 3.8) is 0 Å². The van der Waals surface area contributed by atoms with Crippen LogP contribution in [0.5, 0.6) is 11.5 Å². The van der Waals surface area contributed by atoms with E-state index in [2.05, 4.69) is 37.2 Å². The largest absolute Gasteiger partial charge is 0.495 e. The monoisotopic (exact) mass is 478 g/mol. The third-order valence-electron chi connectivity index (χ3n) is 3.34. The van der Waals surface area contributed by atoms with Crippen LogP contribution in [0.4, 0.5) is 5.69 Å². The summed E-state index contributed by atoms with van der Waals surface area (Å²) in [4.78, 5) is 12.4. The van der Waals surface area contributed by atoms with Crippen molar-refractivity contribution < 1.29 is 14.3 Å². The first-order valence-electron chi connectivity index (χ1n) is 7.68. The second kappa shape index (κ2) is 9.41. The van der Waals surface area contributed by atoms with Gasteiger partial charge in [-0.15, -0.1) is 0 Å². The number of amides is 1. The van der Waals surface area contributed by atoms with E-state index in [1.165, 1.54) is 13.2 Å². The Morgan fingerprint density at radius 2 is 1.92 bits per heavy atom. The minimum Gasteiger partial charge on any atom is -0.495 e. The van der Waals surface area contributed by atoms with Crippen LogP contribution in [0, 0.1) is 11.3 Å². The summed E-state index contributed by atoms with van der Waals surface area (Å²) < 4.78 is 12.2. The number of hydrogen-bond donors (Lipinski definition) is 1. The molecule has 0 heterocycles. The molecule has 0 saturated heterocycles. The molecular formula is C19H16Br2N2O3. The fourth-order valence-electron chi connectivity index (χ4n) is 2.20. The molecule has 2 aromatic carbocycles. The highest BCUT2D eigenvalue weighted by molar-refractivity contribution is 9.11. The van der Waals surface area contributed by atoms with Crippen LogP contribution in [0.3, 0.4) is 0 Å². The van der Waals surface area contributed by atoms with E-state index in [9.17, 15) is 10.1 Å². The molecule has 7 heteroatoms. The zero-order valence-electron chi connectivity index (χ0n) is 14.2. The molecule has 5 nitrogen and oxygen atoms in total. The summed E-state index contributed by atoms with van der Waals surface area (Å²) in [5.41, 5.74) is 1.15. The third-order valence-corrected chi connectivity index (χ3v) is 4.52. The maximum Gasteiger partial charge on any atom is 0.266 e. The van der Waals surface area contributed by atoms with Crippen molar-refractivity contribution in [1.82, 2.24) is 0 Å². The van der Waals surface area contributed by atoms with Crippen molar-refractivity contribution in [3.8, 4) is 17.6 Å². The third kappa shape index (κ3) is 4.87. The summed E-state index contributed by atoms with van der Waals surface area (Å²) in [5, 5.41) is 12.1. The highest BCUT2D eigenvalue weighted by Crippen LogP contribution is 2.35. The number of ether oxygens (including phenoxy) is 2. The number of carbonyl (C=O) groups is 1. The number of para-hydroxylation sites is 2. The highest BCUT2D eigenvalue weighted by atomic mass is 79.9. The molecule has 134 valence electrons. The zero-order chi connectivity index (χ0) is 19.1. The van der Waals surface area contributed by atoms with Crippen LogP contribution in [-0.4, -0.2) is 19.6 Å². The van der Waals surface area contributed by atoms with Crippen molar-refractivity contribution in [2.45, 2.75) is 6.92 Å². The summed E-state index contributed by atoms with van der Waals surface area (Å²) in [5.74, 6) is 0.671. The molecule has 0 aliphatic rings. The van der Waals surface area contributed by atoms with Crippen molar-refractivity contribution in [1.29, 1.82) is 5.26 Å². The van der Waals surface area contributed by atoms with Gasteiger partial charge in [-0.1, -0.05) is 12.1 Å². The Bertz CT molecular complexity index is 866. The Morgan fingerprint density at radius 3 is 2.50 bits per heavy atom. The van der Waals surface area contributed by atoms with Crippen molar-refractivity contribution in [2.24, 2.45) is 0 Å². The number of anilines is 1. The van der Waals surface area contributed by atoms with E-state index in [4.69, 9.17) is 9.47 Å². The van der Waals surface area contributed by atoms with E-state index in [1.54, 1.807) is 36.4 Å². The lowest BCUT2D eigenvalue weighted by atomic mass is 10.1. The Morgan fingerprint density at radius 1 is 1.27 bits per heavy atom. The predicted molar refractivity (Wildman–Crippen MR) is 108 cm³/mol. The second-order valence-electron chi connectivity index (χ2n) is 5.07. The maximum absolute atomic E-state index is 12.4. The van der Waals surface area contributed by atoms with E-state index in [0.717, 1.165) is 8.95 Å². The molecule has 2 rings (SSSR count). The Kier molecular flexibility index (Phi) is 7.25. The van der Waals surface area contributed by atoms with Gasteiger partial charge in [0, 0.05) is 0 Å². The molecule has 0 aliphatic heterocycles. The standard InChI is InChI=1S/C19H16Br2N2O3/c1-3-26-18-14(20)9-12(10-15(18)21)8-13(11-22)19(24)23-16-6-4-5-7-17(16)25-2/h4-10H,3H2,1-2H3,(H,23,24)/b13-8+. The van der Waals surface area contributed by atoms with E-state index >= 15 is 0 Å². The average Bonchev–Trinajstić information content (AvgIpc) is 2.63. The average molecular weight is 480 g/mol. The Balaban J connectivity index is 2.30. The molecule has 0 aliphatic carbocycles. The minimum atomic E-state index is -0.516. The number of nitriles is 1. The molecule has 0 saturated carbocycles. The SMILES string of the molecule is CCOc1c(Br)cc(/C=C(\C#N)C(=O)Nc2ccccc2OC)cc1Br. The van der Waals surface area contributed by atoms with Gasteiger partial charge in [-0.2, -0.15) is 5.26 Å². The van der Waals surface area contributed by atoms with E-state index in [1.807, 2.05) is 13.0 Å². The molecule has 0 fully saturated rings. The first-order valence-corrected chi connectivity index (χ1v) is 9.26. The normalized spacial score (nSPS) is 10.8. The lowest BCUT2D eigenvalue weighted by Crippen LogP contribution is -2.14. The molecule has 1 N–H and O–H groups in total. The second-order valence-corrected chi connectivity index (χ2v) is 6.78. The summed E-state index contributed by atoms with van der Waals surface area (Å²) >= 11 is 6.87. The van der Waals surface area contributed by atoms with Gasteiger partial charge >= 0.3 is 0 Å². The van der Waals surface area contributed by atoms with Gasteiger partial charge in [-0.25, -0.2) is 0 Å². The molecular weight excluding hydrogens is 464 g/mol. The van der Waals surface area contributed by atoms with E-state index in [0.29, 0.717) is 29.4 Å². The minimum absolute atomic E-state index is 0.0288. The fraction of sp³-hybridized carbons (Fsp3) is 0.158. The first-order chi connectivity index (χ1) is 12.5.